The Labute approximate surface area is 125 Å². The van der Waals surface area contributed by atoms with Crippen molar-refractivity contribution in [1.82, 2.24) is 0 Å². The summed E-state index contributed by atoms with van der Waals surface area (Å²) < 4.78 is 19.6. The molecule has 3 rings (SSSR count). The second-order valence-corrected chi connectivity index (χ2v) is 5.89. The van der Waals surface area contributed by atoms with Crippen LogP contribution in [0.25, 0.3) is 0 Å². The third kappa shape index (κ3) is 3.02. The van der Waals surface area contributed by atoms with Crippen LogP contribution in [0, 0.1) is 5.82 Å². The molecule has 0 bridgehead atoms. The average Bonchev–Trinajstić information content (AvgIpc) is 3.22. The number of benzene rings is 2. The van der Waals surface area contributed by atoms with Crippen LogP contribution in [0.5, 0.6) is 5.75 Å². The van der Waals surface area contributed by atoms with Crippen LogP contribution in [0.2, 0.25) is 0 Å². The molecular formula is C16H15BrFNO. The van der Waals surface area contributed by atoms with E-state index in [9.17, 15) is 4.39 Å². The highest BCUT2D eigenvalue weighted by atomic mass is 79.9. The first kappa shape index (κ1) is 13.6. The Bertz CT molecular complexity index is 628. The normalized spacial score (nSPS) is 15.9. The predicted octanol–water partition coefficient (Wildman–Crippen LogP) is 4.18. The van der Waals surface area contributed by atoms with Gasteiger partial charge in [0.1, 0.15) is 11.6 Å². The van der Waals surface area contributed by atoms with Crippen LogP contribution in [0.15, 0.2) is 46.9 Å². The zero-order valence-electron chi connectivity index (χ0n) is 10.9. The molecule has 1 saturated carbocycles. The van der Waals surface area contributed by atoms with Crippen molar-refractivity contribution in [2.24, 2.45) is 5.73 Å². The van der Waals surface area contributed by atoms with E-state index in [2.05, 4.69) is 15.9 Å². The minimum atomic E-state index is -0.312. The van der Waals surface area contributed by atoms with Crippen molar-refractivity contribution in [3.05, 3.63) is 63.9 Å². The van der Waals surface area contributed by atoms with Crippen LogP contribution in [-0.2, 0) is 0 Å². The molecule has 2 nitrogen and oxygen atoms in total. The van der Waals surface area contributed by atoms with Crippen LogP contribution >= 0.6 is 15.9 Å². The maximum atomic E-state index is 13.1. The highest BCUT2D eigenvalue weighted by molar-refractivity contribution is 9.10. The van der Waals surface area contributed by atoms with Crippen LogP contribution < -0.4 is 10.5 Å². The summed E-state index contributed by atoms with van der Waals surface area (Å²) in [5.74, 6) is 0.567. The fourth-order valence-corrected chi connectivity index (χ4v) is 2.69. The average molecular weight is 336 g/mol. The van der Waals surface area contributed by atoms with E-state index < -0.39 is 0 Å². The Hall–Kier alpha value is -1.39. The van der Waals surface area contributed by atoms with E-state index in [1.807, 2.05) is 24.3 Å². The van der Waals surface area contributed by atoms with Crippen LogP contribution in [0.1, 0.15) is 30.0 Å². The van der Waals surface area contributed by atoms with Gasteiger partial charge in [-0.1, -0.05) is 34.1 Å². The molecule has 4 heteroatoms. The summed E-state index contributed by atoms with van der Waals surface area (Å²) in [4.78, 5) is 0. The SMILES string of the molecule is NC(c1cccc(OC2CC2)c1)c1ccc(F)cc1Br. The first-order chi connectivity index (χ1) is 9.63. The quantitative estimate of drug-likeness (QED) is 0.909. The number of nitrogens with two attached hydrogens (primary N) is 1. The standard InChI is InChI=1S/C16H15BrFNO/c17-15-9-11(18)4-7-14(15)16(19)10-2-1-3-13(8-10)20-12-5-6-12/h1-4,7-9,12,16H,5-6,19H2. The third-order valence-corrected chi connectivity index (χ3v) is 4.03. The maximum Gasteiger partial charge on any atom is 0.124 e. The summed E-state index contributed by atoms with van der Waals surface area (Å²) in [6.45, 7) is 0. The Balaban J connectivity index is 1.86. The van der Waals surface area contributed by atoms with Gasteiger partial charge in [-0.3, -0.25) is 0 Å². The molecule has 0 spiro atoms. The smallest absolute Gasteiger partial charge is 0.124 e. The lowest BCUT2D eigenvalue weighted by molar-refractivity contribution is 0.303. The Kier molecular flexibility index (Phi) is 3.76. The molecule has 0 radical (unpaired) electrons. The van der Waals surface area contributed by atoms with Crippen molar-refractivity contribution in [3.8, 4) is 5.75 Å². The van der Waals surface area contributed by atoms with Gasteiger partial charge in [0, 0.05) is 4.47 Å². The number of rotatable bonds is 4. The van der Waals surface area contributed by atoms with Gasteiger partial charge in [-0.2, -0.15) is 0 Å². The Morgan fingerprint density at radius 1 is 1.20 bits per heavy atom. The summed E-state index contributed by atoms with van der Waals surface area (Å²) in [5, 5.41) is 0. The number of ether oxygens (including phenoxy) is 1. The lowest BCUT2D eigenvalue weighted by atomic mass is 9.99. The van der Waals surface area contributed by atoms with Crippen molar-refractivity contribution in [2.75, 3.05) is 0 Å². The zero-order valence-corrected chi connectivity index (χ0v) is 12.4. The van der Waals surface area contributed by atoms with Crippen molar-refractivity contribution in [3.63, 3.8) is 0 Å². The van der Waals surface area contributed by atoms with E-state index in [-0.39, 0.29) is 11.9 Å². The molecule has 0 amide bonds. The first-order valence-corrected chi connectivity index (χ1v) is 7.40. The van der Waals surface area contributed by atoms with Gasteiger partial charge in [0.15, 0.2) is 0 Å². The molecular weight excluding hydrogens is 321 g/mol. The number of halogens is 2. The Morgan fingerprint density at radius 3 is 2.70 bits per heavy atom. The van der Waals surface area contributed by atoms with E-state index in [0.29, 0.717) is 10.6 Å². The van der Waals surface area contributed by atoms with Gasteiger partial charge in [-0.25, -0.2) is 4.39 Å². The van der Waals surface area contributed by atoms with Crippen molar-refractivity contribution >= 4 is 15.9 Å². The molecule has 1 unspecified atom stereocenters. The second-order valence-electron chi connectivity index (χ2n) is 5.03. The molecule has 0 aromatic heterocycles. The van der Waals surface area contributed by atoms with Gasteiger partial charge < -0.3 is 10.5 Å². The van der Waals surface area contributed by atoms with Crippen molar-refractivity contribution < 1.29 is 9.13 Å². The van der Waals surface area contributed by atoms with E-state index >= 15 is 0 Å². The number of hydrogen-bond donors (Lipinski definition) is 1. The van der Waals surface area contributed by atoms with E-state index in [1.165, 1.54) is 12.1 Å². The largest absolute Gasteiger partial charge is 0.490 e. The fraction of sp³-hybridized carbons (Fsp3) is 0.250. The second kappa shape index (κ2) is 5.54. The summed E-state index contributed by atoms with van der Waals surface area (Å²) in [6, 6.07) is 12.0. The molecule has 104 valence electrons. The molecule has 1 aliphatic carbocycles. The van der Waals surface area contributed by atoms with Crippen LogP contribution in [-0.4, -0.2) is 6.10 Å². The molecule has 1 aliphatic rings. The fourth-order valence-electron chi connectivity index (χ4n) is 2.09. The zero-order chi connectivity index (χ0) is 14.1. The van der Waals surface area contributed by atoms with Gasteiger partial charge in [0.2, 0.25) is 0 Å². The molecule has 20 heavy (non-hydrogen) atoms. The molecule has 0 aliphatic heterocycles. The monoisotopic (exact) mass is 335 g/mol. The van der Waals surface area contributed by atoms with E-state index in [0.717, 1.165) is 29.7 Å². The highest BCUT2D eigenvalue weighted by Gasteiger charge is 2.23. The van der Waals surface area contributed by atoms with Crippen molar-refractivity contribution in [2.45, 2.75) is 25.0 Å². The summed E-state index contributed by atoms with van der Waals surface area (Å²) in [7, 11) is 0. The molecule has 2 aromatic rings. The Morgan fingerprint density at radius 2 is 2.00 bits per heavy atom. The van der Waals surface area contributed by atoms with E-state index in [4.69, 9.17) is 10.5 Å². The van der Waals surface area contributed by atoms with Gasteiger partial charge in [-0.15, -0.1) is 0 Å². The van der Waals surface area contributed by atoms with Gasteiger partial charge in [-0.05, 0) is 48.2 Å². The lowest BCUT2D eigenvalue weighted by Gasteiger charge is -2.15. The maximum absolute atomic E-state index is 13.1. The van der Waals surface area contributed by atoms with Gasteiger partial charge in [0.05, 0.1) is 12.1 Å². The van der Waals surface area contributed by atoms with Crippen LogP contribution in [0.4, 0.5) is 4.39 Å². The molecule has 1 fully saturated rings. The molecule has 0 saturated heterocycles. The van der Waals surface area contributed by atoms with E-state index in [1.54, 1.807) is 6.07 Å². The summed E-state index contributed by atoms with van der Waals surface area (Å²) >= 11 is 3.36. The molecule has 2 aromatic carbocycles. The van der Waals surface area contributed by atoms with Crippen molar-refractivity contribution in [1.29, 1.82) is 0 Å². The minimum absolute atomic E-state index is 0.279. The molecule has 0 heterocycles. The molecule has 2 N–H and O–H groups in total. The molecule has 1 atom stereocenters. The summed E-state index contributed by atoms with van der Waals surface area (Å²) in [6.07, 6.45) is 2.61. The third-order valence-electron chi connectivity index (χ3n) is 3.34. The van der Waals surface area contributed by atoms with Crippen LogP contribution in [0.3, 0.4) is 0 Å². The lowest BCUT2D eigenvalue weighted by Crippen LogP contribution is -2.13. The number of hydrogen-bond acceptors (Lipinski definition) is 2. The highest BCUT2D eigenvalue weighted by Crippen LogP contribution is 2.31. The predicted molar refractivity (Wildman–Crippen MR) is 80.2 cm³/mol. The first-order valence-electron chi connectivity index (χ1n) is 6.60. The van der Waals surface area contributed by atoms with Gasteiger partial charge in [0.25, 0.3) is 0 Å². The summed E-state index contributed by atoms with van der Waals surface area (Å²) in [5.41, 5.74) is 8.09. The topological polar surface area (TPSA) is 35.2 Å². The van der Waals surface area contributed by atoms with Gasteiger partial charge >= 0.3 is 0 Å². The minimum Gasteiger partial charge on any atom is -0.490 e.